The lowest BCUT2D eigenvalue weighted by atomic mass is 10.1. The third-order valence-corrected chi connectivity index (χ3v) is 2.97. The highest BCUT2D eigenvalue weighted by Gasteiger charge is 2.32. The number of aryl methyl sites for hydroxylation is 1. The van der Waals surface area contributed by atoms with Crippen molar-refractivity contribution < 1.29 is 9.47 Å². The molecule has 0 aromatic heterocycles. The Balaban J connectivity index is 2.01. The highest BCUT2D eigenvalue weighted by Crippen LogP contribution is 2.24. The van der Waals surface area contributed by atoms with Gasteiger partial charge in [0.25, 0.3) is 0 Å². The van der Waals surface area contributed by atoms with E-state index in [-0.39, 0.29) is 6.10 Å². The van der Waals surface area contributed by atoms with E-state index in [1.807, 2.05) is 39.0 Å². The van der Waals surface area contributed by atoms with Gasteiger partial charge < -0.3 is 14.8 Å². The Hall–Kier alpha value is -1.57. The van der Waals surface area contributed by atoms with Crippen molar-refractivity contribution >= 4 is 5.69 Å². The second-order valence-electron chi connectivity index (χ2n) is 4.94. The van der Waals surface area contributed by atoms with Crippen molar-refractivity contribution in [3.05, 3.63) is 29.3 Å². The molecule has 1 N–H and O–H groups in total. The van der Waals surface area contributed by atoms with E-state index >= 15 is 0 Å². The number of para-hydroxylation sites is 1. The van der Waals surface area contributed by atoms with Crippen molar-refractivity contribution in [2.24, 2.45) is 0 Å². The van der Waals surface area contributed by atoms with E-state index in [2.05, 4.69) is 11.4 Å². The molecule has 1 unspecified atom stereocenters. The molecule has 0 radical (unpaired) electrons. The second-order valence-corrected chi connectivity index (χ2v) is 4.94. The predicted octanol–water partition coefficient (Wildman–Crippen LogP) is 2.43. The third kappa shape index (κ3) is 2.81. The molecule has 96 valence electrons. The van der Waals surface area contributed by atoms with Crippen molar-refractivity contribution in [3.8, 4) is 6.07 Å². The van der Waals surface area contributed by atoms with E-state index in [1.54, 1.807) is 0 Å². The van der Waals surface area contributed by atoms with Gasteiger partial charge in [0.2, 0.25) is 0 Å². The van der Waals surface area contributed by atoms with Crippen LogP contribution < -0.4 is 5.32 Å². The summed E-state index contributed by atoms with van der Waals surface area (Å²) in [4.78, 5) is 0. The van der Waals surface area contributed by atoms with Crippen LogP contribution in [-0.4, -0.2) is 25.0 Å². The zero-order valence-corrected chi connectivity index (χ0v) is 11.0. The van der Waals surface area contributed by atoms with Gasteiger partial charge in [0.05, 0.1) is 17.9 Å². The molecule has 4 heteroatoms. The molecule has 18 heavy (non-hydrogen) atoms. The molecule has 1 fully saturated rings. The maximum atomic E-state index is 9.07. The fraction of sp³-hybridized carbons (Fsp3) is 0.500. The van der Waals surface area contributed by atoms with Gasteiger partial charge >= 0.3 is 0 Å². The number of hydrogen-bond acceptors (Lipinski definition) is 4. The summed E-state index contributed by atoms with van der Waals surface area (Å²) in [6.07, 6.45) is 0.0196. The minimum absolute atomic E-state index is 0.0196. The topological polar surface area (TPSA) is 54.3 Å². The number of ether oxygens (including phenoxy) is 2. The molecule has 1 aromatic rings. The van der Waals surface area contributed by atoms with E-state index in [1.165, 1.54) is 0 Å². The van der Waals surface area contributed by atoms with Crippen LogP contribution in [0, 0.1) is 18.3 Å². The zero-order chi connectivity index (χ0) is 13.2. The molecule has 4 nitrogen and oxygen atoms in total. The lowest BCUT2D eigenvalue weighted by molar-refractivity contribution is -0.136. The Morgan fingerprint density at radius 3 is 2.89 bits per heavy atom. The first-order valence-electron chi connectivity index (χ1n) is 6.07. The first-order valence-corrected chi connectivity index (χ1v) is 6.07. The Bertz CT molecular complexity index is 477. The molecule has 1 aliphatic rings. The SMILES string of the molecule is Cc1cccc(C#N)c1NCC1COC(C)(C)O1. The van der Waals surface area contributed by atoms with Gasteiger partial charge in [0, 0.05) is 6.54 Å². The Morgan fingerprint density at radius 2 is 2.28 bits per heavy atom. The highest BCUT2D eigenvalue weighted by atomic mass is 16.7. The van der Waals surface area contributed by atoms with Gasteiger partial charge in [-0.3, -0.25) is 0 Å². The van der Waals surface area contributed by atoms with Gasteiger partial charge in [-0.15, -0.1) is 0 Å². The predicted molar refractivity (Wildman–Crippen MR) is 69.3 cm³/mol. The lowest BCUT2D eigenvalue weighted by Crippen LogP contribution is -2.26. The average Bonchev–Trinajstić information content (AvgIpc) is 2.67. The molecule has 2 rings (SSSR count). The van der Waals surface area contributed by atoms with Crippen LogP contribution in [0.25, 0.3) is 0 Å². The van der Waals surface area contributed by atoms with Crippen LogP contribution in [0.15, 0.2) is 18.2 Å². The standard InChI is InChI=1S/C14H18N2O2/c1-10-5-4-6-11(7-15)13(10)16-8-12-9-17-14(2,3)18-12/h4-6,12,16H,8-9H2,1-3H3. The van der Waals surface area contributed by atoms with Crippen LogP contribution in [0.1, 0.15) is 25.0 Å². The normalized spacial score (nSPS) is 21.6. The van der Waals surface area contributed by atoms with Gasteiger partial charge in [-0.25, -0.2) is 0 Å². The minimum atomic E-state index is -0.504. The van der Waals surface area contributed by atoms with Gasteiger partial charge in [-0.1, -0.05) is 12.1 Å². The summed E-state index contributed by atoms with van der Waals surface area (Å²) in [6, 6.07) is 7.88. The maximum absolute atomic E-state index is 9.07. The summed E-state index contributed by atoms with van der Waals surface area (Å²) in [5, 5.41) is 12.4. The van der Waals surface area contributed by atoms with Crippen LogP contribution in [-0.2, 0) is 9.47 Å². The molecule has 0 amide bonds. The molecular weight excluding hydrogens is 228 g/mol. The van der Waals surface area contributed by atoms with Crippen LogP contribution >= 0.6 is 0 Å². The van der Waals surface area contributed by atoms with Crippen molar-refractivity contribution in [3.63, 3.8) is 0 Å². The van der Waals surface area contributed by atoms with E-state index in [0.717, 1.165) is 11.3 Å². The van der Waals surface area contributed by atoms with Crippen molar-refractivity contribution in [2.75, 3.05) is 18.5 Å². The number of rotatable bonds is 3. The summed E-state index contributed by atoms with van der Waals surface area (Å²) in [6.45, 7) is 7.01. The maximum Gasteiger partial charge on any atom is 0.163 e. The molecule has 1 heterocycles. The Labute approximate surface area is 108 Å². The zero-order valence-electron chi connectivity index (χ0n) is 11.0. The minimum Gasteiger partial charge on any atom is -0.381 e. The number of hydrogen-bond donors (Lipinski definition) is 1. The molecule has 1 aromatic carbocycles. The number of nitrogens with zero attached hydrogens (tertiary/aromatic N) is 1. The van der Waals surface area contributed by atoms with Gasteiger partial charge in [0.1, 0.15) is 12.2 Å². The fourth-order valence-corrected chi connectivity index (χ4v) is 2.08. The first kappa shape index (κ1) is 12.9. The molecule has 0 aliphatic carbocycles. The van der Waals surface area contributed by atoms with Crippen LogP contribution in [0.2, 0.25) is 0 Å². The number of nitrogens with one attached hydrogen (secondary N) is 1. The Morgan fingerprint density at radius 1 is 1.50 bits per heavy atom. The van der Waals surface area contributed by atoms with E-state index in [0.29, 0.717) is 18.7 Å². The van der Waals surface area contributed by atoms with E-state index in [9.17, 15) is 0 Å². The quantitative estimate of drug-likeness (QED) is 0.890. The summed E-state index contributed by atoms with van der Waals surface area (Å²) >= 11 is 0. The largest absolute Gasteiger partial charge is 0.381 e. The second kappa shape index (κ2) is 4.97. The van der Waals surface area contributed by atoms with Crippen LogP contribution in [0.4, 0.5) is 5.69 Å². The average molecular weight is 246 g/mol. The molecule has 0 saturated carbocycles. The lowest BCUT2D eigenvalue weighted by Gasteiger charge is -2.18. The molecular formula is C14H18N2O2. The summed E-state index contributed by atoms with van der Waals surface area (Å²) in [5.41, 5.74) is 2.61. The monoisotopic (exact) mass is 246 g/mol. The summed E-state index contributed by atoms with van der Waals surface area (Å²) in [7, 11) is 0. The smallest absolute Gasteiger partial charge is 0.163 e. The van der Waals surface area contributed by atoms with Gasteiger partial charge in [-0.2, -0.15) is 5.26 Å². The van der Waals surface area contributed by atoms with E-state index in [4.69, 9.17) is 14.7 Å². The first-order chi connectivity index (χ1) is 8.52. The molecule has 0 spiro atoms. The van der Waals surface area contributed by atoms with Crippen LogP contribution in [0.5, 0.6) is 0 Å². The molecule has 1 aliphatic heterocycles. The van der Waals surface area contributed by atoms with Crippen molar-refractivity contribution in [1.29, 1.82) is 5.26 Å². The Kier molecular flexibility index (Phi) is 3.55. The fourth-order valence-electron chi connectivity index (χ4n) is 2.08. The third-order valence-electron chi connectivity index (χ3n) is 2.97. The summed E-state index contributed by atoms with van der Waals surface area (Å²) < 4.78 is 11.2. The van der Waals surface area contributed by atoms with Crippen molar-refractivity contribution in [1.82, 2.24) is 0 Å². The number of benzene rings is 1. The van der Waals surface area contributed by atoms with E-state index < -0.39 is 5.79 Å². The van der Waals surface area contributed by atoms with Gasteiger partial charge in [0.15, 0.2) is 5.79 Å². The van der Waals surface area contributed by atoms with Gasteiger partial charge in [-0.05, 0) is 32.4 Å². The number of anilines is 1. The van der Waals surface area contributed by atoms with Crippen molar-refractivity contribution in [2.45, 2.75) is 32.7 Å². The highest BCUT2D eigenvalue weighted by molar-refractivity contribution is 5.62. The number of nitriles is 1. The molecule has 1 saturated heterocycles. The van der Waals surface area contributed by atoms with Crippen LogP contribution in [0.3, 0.4) is 0 Å². The summed E-state index contributed by atoms with van der Waals surface area (Å²) in [5.74, 6) is -0.504. The molecule has 0 bridgehead atoms. The molecule has 1 atom stereocenters.